The van der Waals surface area contributed by atoms with Crippen LogP contribution in [0.15, 0.2) is 24.3 Å². The lowest BCUT2D eigenvalue weighted by atomic mass is 10.1. The largest absolute Gasteiger partial charge is 0.481 e. The molecule has 0 aromatic rings. The summed E-state index contributed by atoms with van der Waals surface area (Å²) in [6.07, 6.45) is 22.3. The average molecular weight is 280 g/mol. The van der Waals surface area contributed by atoms with E-state index in [9.17, 15) is 4.79 Å². The van der Waals surface area contributed by atoms with Gasteiger partial charge in [-0.25, -0.2) is 0 Å². The predicted molar refractivity (Wildman–Crippen MR) is 87.0 cm³/mol. The van der Waals surface area contributed by atoms with E-state index in [0.717, 1.165) is 19.3 Å². The number of carboxylic acid groups (broad SMARTS) is 1. The zero-order valence-corrected chi connectivity index (χ0v) is 13.2. The van der Waals surface area contributed by atoms with Crippen molar-refractivity contribution < 1.29 is 9.90 Å². The second kappa shape index (κ2) is 16.0. The van der Waals surface area contributed by atoms with Gasteiger partial charge in [0.2, 0.25) is 0 Å². The van der Waals surface area contributed by atoms with Crippen LogP contribution in [0.2, 0.25) is 0 Å². The van der Waals surface area contributed by atoms with Crippen molar-refractivity contribution in [3.63, 3.8) is 0 Å². The van der Waals surface area contributed by atoms with Gasteiger partial charge in [-0.2, -0.15) is 0 Å². The first-order valence-corrected chi connectivity index (χ1v) is 8.29. The number of rotatable bonds is 14. The maximum absolute atomic E-state index is 10.3. The molecule has 0 aliphatic heterocycles. The van der Waals surface area contributed by atoms with Crippen molar-refractivity contribution >= 4 is 5.97 Å². The fraction of sp³-hybridized carbons (Fsp3) is 0.722. The zero-order chi connectivity index (χ0) is 14.9. The molecule has 0 rings (SSSR count). The maximum atomic E-state index is 10.3. The first-order chi connectivity index (χ1) is 9.77. The van der Waals surface area contributed by atoms with Gasteiger partial charge in [-0.3, -0.25) is 4.79 Å². The zero-order valence-electron chi connectivity index (χ0n) is 13.2. The van der Waals surface area contributed by atoms with Crippen molar-refractivity contribution in [2.24, 2.45) is 0 Å². The molecule has 0 fully saturated rings. The summed E-state index contributed by atoms with van der Waals surface area (Å²) in [4.78, 5) is 10.3. The van der Waals surface area contributed by atoms with Gasteiger partial charge in [-0.1, -0.05) is 69.8 Å². The van der Waals surface area contributed by atoms with E-state index < -0.39 is 5.97 Å². The highest BCUT2D eigenvalue weighted by Gasteiger charge is 1.92. The molecule has 0 aliphatic carbocycles. The standard InChI is InChI=1S/C18H32O2/c1-2-3-4-5-6-7-8-9-10-11-12-13-14-15-16-17-18(19)20/h10-11,13-14H,2-9,12,15-17H2,1H3,(H,19,20)/b11-10-,14-13-. The van der Waals surface area contributed by atoms with Crippen LogP contribution in [0, 0.1) is 0 Å². The SMILES string of the molecule is CCCCCCCCC/C=C\C/C=C\CCCC(=O)O. The molecular weight excluding hydrogens is 248 g/mol. The topological polar surface area (TPSA) is 37.3 Å². The lowest BCUT2D eigenvalue weighted by Gasteiger charge is -1.98. The number of carboxylic acids is 1. The smallest absolute Gasteiger partial charge is 0.303 e. The molecule has 116 valence electrons. The van der Waals surface area contributed by atoms with Gasteiger partial charge in [-0.15, -0.1) is 0 Å². The van der Waals surface area contributed by atoms with E-state index in [2.05, 4.69) is 31.2 Å². The van der Waals surface area contributed by atoms with Crippen molar-refractivity contribution in [1.29, 1.82) is 0 Å². The quantitative estimate of drug-likeness (QED) is 0.318. The van der Waals surface area contributed by atoms with E-state index in [1.54, 1.807) is 0 Å². The molecule has 0 saturated carbocycles. The minimum absolute atomic E-state index is 0.276. The third kappa shape index (κ3) is 16.9. The van der Waals surface area contributed by atoms with Gasteiger partial charge in [0, 0.05) is 6.42 Å². The normalized spacial score (nSPS) is 11.7. The van der Waals surface area contributed by atoms with E-state index >= 15 is 0 Å². The predicted octanol–water partition coefficient (Wildman–Crippen LogP) is 5.88. The molecule has 0 aliphatic rings. The number of hydrogen-bond donors (Lipinski definition) is 1. The van der Waals surface area contributed by atoms with Crippen molar-refractivity contribution in [2.75, 3.05) is 0 Å². The molecule has 1 N–H and O–H groups in total. The second-order valence-corrected chi connectivity index (χ2v) is 5.37. The number of unbranched alkanes of at least 4 members (excludes halogenated alkanes) is 8. The Kier molecular flexibility index (Phi) is 15.2. The number of allylic oxidation sites excluding steroid dienone is 4. The summed E-state index contributed by atoms with van der Waals surface area (Å²) in [6, 6.07) is 0. The molecule has 0 aromatic carbocycles. The van der Waals surface area contributed by atoms with E-state index in [1.165, 1.54) is 51.4 Å². The summed E-state index contributed by atoms with van der Waals surface area (Å²) in [5, 5.41) is 8.48. The Morgan fingerprint density at radius 2 is 1.35 bits per heavy atom. The molecule has 2 nitrogen and oxygen atoms in total. The highest BCUT2D eigenvalue weighted by atomic mass is 16.4. The van der Waals surface area contributed by atoms with Gasteiger partial charge >= 0.3 is 5.97 Å². The molecule has 0 amide bonds. The Balaban J connectivity index is 3.19. The van der Waals surface area contributed by atoms with E-state index in [-0.39, 0.29) is 6.42 Å². The molecule has 0 aromatic heterocycles. The Morgan fingerprint density at radius 3 is 1.95 bits per heavy atom. The highest BCUT2D eigenvalue weighted by molar-refractivity contribution is 5.66. The molecule has 0 radical (unpaired) electrons. The van der Waals surface area contributed by atoms with Crippen LogP contribution >= 0.6 is 0 Å². The summed E-state index contributed by atoms with van der Waals surface area (Å²) in [5.41, 5.74) is 0. The van der Waals surface area contributed by atoms with E-state index in [4.69, 9.17) is 5.11 Å². The van der Waals surface area contributed by atoms with Crippen molar-refractivity contribution in [2.45, 2.75) is 84.0 Å². The second-order valence-electron chi connectivity index (χ2n) is 5.37. The van der Waals surface area contributed by atoms with Crippen LogP contribution in [0.25, 0.3) is 0 Å². The van der Waals surface area contributed by atoms with Crippen LogP contribution in [-0.4, -0.2) is 11.1 Å². The molecule has 20 heavy (non-hydrogen) atoms. The molecule has 0 heterocycles. The number of aliphatic carboxylic acids is 1. The van der Waals surface area contributed by atoms with Crippen LogP contribution in [0.1, 0.15) is 84.0 Å². The summed E-state index contributed by atoms with van der Waals surface area (Å²) in [7, 11) is 0. The van der Waals surface area contributed by atoms with Crippen molar-refractivity contribution in [1.82, 2.24) is 0 Å². The van der Waals surface area contributed by atoms with Crippen LogP contribution in [-0.2, 0) is 4.79 Å². The van der Waals surface area contributed by atoms with Crippen molar-refractivity contribution in [3.05, 3.63) is 24.3 Å². The van der Waals surface area contributed by atoms with Crippen LogP contribution in [0.4, 0.5) is 0 Å². The summed E-state index contributed by atoms with van der Waals surface area (Å²) in [6.45, 7) is 2.26. The molecule has 0 saturated heterocycles. The lowest BCUT2D eigenvalue weighted by molar-refractivity contribution is -0.137. The van der Waals surface area contributed by atoms with Crippen molar-refractivity contribution in [3.8, 4) is 0 Å². The molecule has 0 atom stereocenters. The first kappa shape index (κ1) is 18.9. The van der Waals surface area contributed by atoms with Gasteiger partial charge in [0.05, 0.1) is 0 Å². The van der Waals surface area contributed by atoms with Gasteiger partial charge in [-0.05, 0) is 32.1 Å². The Bertz CT molecular complexity index is 267. The number of carbonyl (C=O) groups is 1. The third-order valence-corrected chi connectivity index (χ3v) is 3.34. The molecule has 0 spiro atoms. The fourth-order valence-electron chi connectivity index (χ4n) is 2.10. The van der Waals surface area contributed by atoms with Gasteiger partial charge in [0.15, 0.2) is 0 Å². The summed E-state index contributed by atoms with van der Waals surface area (Å²) >= 11 is 0. The van der Waals surface area contributed by atoms with Crippen LogP contribution in [0.3, 0.4) is 0 Å². The highest BCUT2D eigenvalue weighted by Crippen LogP contribution is 2.08. The first-order valence-electron chi connectivity index (χ1n) is 8.29. The molecular formula is C18H32O2. The van der Waals surface area contributed by atoms with Gasteiger partial charge in [0.1, 0.15) is 0 Å². The van der Waals surface area contributed by atoms with E-state index in [1.807, 2.05) is 0 Å². The van der Waals surface area contributed by atoms with E-state index in [0.29, 0.717) is 0 Å². The minimum atomic E-state index is -0.701. The molecule has 0 bridgehead atoms. The van der Waals surface area contributed by atoms with Gasteiger partial charge < -0.3 is 5.11 Å². The minimum Gasteiger partial charge on any atom is -0.481 e. The fourth-order valence-corrected chi connectivity index (χ4v) is 2.10. The lowest BCUT2D eigenvalue weighted by Crippen LogP contribution is -1.92. The third-order valence-electron chi connectivity index (χ3n) is 3.34. The Hall–Kier alpha value is -1.05. The van der Waals surface area contributed by atoms with Gasteiger partial charge in [0.25, 0.3) is 0 Å². The monoisotopic (exact) mass is 280 g/mol. The summed E-state index contributed by atoms with van der Waals surface area (Å²) < 4.78 is 0. The Labute approximate surface area is 125 Å². The molecule has 2 heteroatoms. The number of hydrogen-bond acceptors (Lipinski definition) is 1. The average Bonchev–Trinajstić information content (AvgIpc) is 2.43. The Morgan fingerprint density at radius 1 is 0.800 bits per heavy atom. The molecule has 0 unspecified atom stereocenters. The maximum Gasteiger partial charge on any atom is 0.303 e. The summed E-state index contributed by atoms with van der Waals surface area (Å²) in [5.74, 6) is -0.701. The van der Waals surface area contributed by atoms with Crippen LogP contribution < -0.4 is 0 Å². The van der Waals surface area contributed by atoms with Crippen LogP contribution in [0.5, 0.6) is 0 Å².